The molecule has 0 fully saturated rings. The minimum absolute atomic E-state index is 0.346. The van der Waals surface area contributed by atoms with Crippen molar-refractivity contribution in [3.05, 3.63) is 96.6 Å². The smallest absolute Gasteiger partial charge is 0.329 e. The molecule has 0 saturated carbocycles. The van der Waals surface area contributed by atoms with E-state index in [4.69, 9.17) is 14.2 Å². The Bertz CT molecular complexity index is 1140. The monoisotopic (exact) mass is 459 g/mol. The van der Waals surface area contributed by atoms with Gasteiger partial charge in [0, 0.05) is 5.69 Å². The second-order valence-electron chi connectivity index (χ2n) is 6.96. The Morgan fingerprint density at radius 3 is 2.41 bits per heavy atom. The van der Waals surface area contributed by atoms with E-state index in [1.54, 1.807) is 48.5 Å². The third-order valence-corrected chi connectivity index (χ3v) is 4.49. The lowest BCUT2D eigenvalue weighted by Crippen LogP contribution is -2.32. The lowest BCUT2D eigenvalue weighted by Gasteiger charge is -2.09. The first-order valence-electron chi connectivity index (χ1n) is 10.4. The standard InChI is InChI=1S/C26H25N3O5/c1-3-15-33-23-14-9-20(16-24(23)32-2)17-27-29-26(31)25(30)28-21-10-12-22(13-11-21)34-18-19-7-5-4-6-8-19/h3-14,16-17H,1,15,18H2,2H3,(H,28,30)(H,29,31)/b27-17-. The summed E-state index contributed by atoms with van der Waals surface area (Å²) in [5.41, 5.74) is 4.35. The Labute approximate surface area is 197 Å². The second kappa shape index (κ2) is 12.4. The predicted molar refractivity (Wildman–Crippen MR) is 130 cm³/mol. The molecule has 3 aromatic rings. The maximum atomic E-state index is 12.1. The van der Waals surface area contributed by atoms with Crippen LogP contribution in [-0.2, 0) is 16.2 Å². The van der Waals surface area contributed by atoms with Crippen LogP contribution in [-0.4, -0.2) is 31.7 Å². The van der Waals surface area contributed by atoms with Gasteiger partial charge in [-0.05, 0) is 53.6 Å². The van der Waals surface area contributed by atoms with Crippen molar-refractivity contribution in [2.75, 3.05) is 19.0 Å². The van der Waals surface area contributed by atoms with E-state index in [2.05, 4.69) is 22.4 Å². The highest BCUT2D eigenvalue weighted by Gasteiger charge is 2.13. The van der Waals surface area contributed by atoms with Crippen molar-refractivity contribution in [2.45, 2.75) is 6.61 Å². The lowest BCUT2D eigenvalue weighted by molar-refractivity contribution is -0.136. The first-order chi connectivity index (χ1) is 16.6. The Morgan fingerprint density at radius 1 is 0.941 bits per heavy atom. The van der Waals surface area contributed by atoms with Crippen LogP contribution < -0.4 is 25.0 Å². The van der Waals surface area contributed by atoms with Crippen molar-refractivity contribution in [1.82, 2.24) is 5.43 Å². The minimum atomic E-state index is -0.904. The van der Waals surface area contributed by atoms with Crippen molar-refractivity contribution in [2.24, 2.45) is 5.10 Å². The van der Waals surface area contributed by atoms with Crippen LogP contribution >= 0.6 is 0 Å². The van der Waals surface area contributed by atoms with Gasteiger partial charge in [-0.2, -0.15) is 5.10 Å². The largest absolute Gasteiger partial charge is 0.493 e. The number of ether oxygens (including phenoxy) is 3. The zero-order valence-corrected chi connectivity index (χ0v) is 18.7. The second-order valence-corrected chi connectivity index (χ2v) is 6.96. The molecule has 0 saturated heterocycles. The molecule has 8 nitrogen and oxygen atoms in total. The summed E-state index contributed by atoms with van der Waals surface area (Å²) in [7, 11) is 1.52. The Kier molecular flexibility index (Phi) is 8.81. The number of carbonyl (C=O) groups is 2. The molecule has 8 heteroatoms. The fourth-order valence-electron chi connectivity index (χ4n) is 2.81. The molecule has 3 rings (SSSR count). The molecule has 2 N–H and O–H groups in total. The molecule has 0 radical (unpaired) electrons. The van der Waals surface area contributed by atoms with E-state index in [0.717, 1.165) is 5.56 Å². The average molecular weight is 460 g/mol. The predicted octanol–water partition coefficient (Wildman–Crippen LogP) is 3.93. The van der Waals surface area contributed by atoms with E-state index in [1.165, 1.54) is 13.3 Å². The summed E-state index contributed by atoms with van der Waals surface area (Å²) in [4.78, 5) is 24.2. The molecule has 0 atom stereocenters. The van der Waals surface area contributed by atoms with Gasteiger partial charge >= 0.3 is 11.8 Å². The van der Waals surface area contributed by atoms with Crippen LogP contribution in [0.15, 0.2) is 90.6 Å². The van der Waals surface area contributed by atoms with Gasteiger partial charge in [-0.3, -0.25) is 9.59 Å². The van der Waals surface area contributed by atoms with Gasteiger partial charge < -0.3 is 19.5 Å². The first kappa shape index (κ1) is 24.1. The van der Waals surface area contributed by atoms with Crippen LogP contribution in [0.4, 0.5) is 5.69 Å². The molecule has 0 aromatic heterocycles. The number of hydrazone groups is 1. The summed E-state index contributed by atoms with van der Waals surface area (Å²) in [6.07, 6.45) is 3.02. The molecule has 0 unspecified atom stereocenters. The molecule has 34 heavy (non-hydrogen) atoms. The third-order valence-electron chi connectivity index (χ3n) is 4.49. The lowest BCUT2D eigenvalue weighted by atomic mass is 10.2. The Morgan fingerprint density at radius 2 is 1.71 bits per heavy atom. The van der Waals surface area contributed by atoms with Crippen LogP contribution in [0.3, 0.4) is 0 Å². The molecule has 0 aliphatic heterocycles. The number of benzene rings is 3. The van der Waals surface area contributed by atoms with Crippen LogP contribution in [0, 0.1) is 0 Å². The highest BCUT2D eigenvalue weighted by atomic mass is 16.5. The van der Waals surface area contributed by atoms with Crippen molar-refractivity contribution < 1.29 is 23.8 Å². The van der Waals surface area contributed by atoms with Gasteiger partial charge in [0.05, 0.1) is 13.3 Å². The highest BCUT2D eigenvalue weighted by molar-refractivity contribution is 6.39. The van der Waals surface area contributed by atoms with Crippen LogP contribution in [0.1, 0.15) is 11.1 Å². The van der Waals surface area contributed by atoms with E-state index >= 15 is 0 Å². The number of carbonyl (C=O) groups excluding carboxylic acids is 2. The van der Waals surface area contributed by atoms with Crippen molar-refractivity contribution in [3.8, 4) is 17.2 Å². The fourth-order valence-corrected chi connectivity index (χ4v) is 2.81. The average Bonchev–Trinajstić information content (AvgIpc) is 2.87. The van der Waals surface area contributed by atoms with Gasteiger partial charge in [0.25, 0.3) is 0 Å². The molecule has 0 aliphatic carbocycles. The number of nitrogens with zero attached hydrogens (tertiary/aromatic N) is 1. The highest BCUT2D eigenvalue weighted by Crippen LogP contribution is 2.27. The number of anilines is 1. The van der Waals surface area contributed by atoms with Crippen molar-refractivity contribution in [1.29, 1.82) is 0 Å². The number of hydrogen-bond acceptors (Lipinski definition) is 6. The molecule has 0 spiro atoms. The van der Waals surface area contributed by atoms with E-state index in [1.807, 2.05) is 30.3 Å². The minimum Gasteiger partial charge on any atom is -0.493 e. The zero-order valence-electron chi connectivity index (χ0n) is 18.7. The summed E-state index contributed by atoms with van der Waals surface area (Å²) in [6, 6.07) is 21.6. The van der Waals surface area contributed by atoms with E-state index in [0.29, 0.717) is 41.7 Å². The maximum absolute atomic E-state index is 12.1. The van der Waals surface area contributed by atoms with E-state index in [-0.39, 0.29) is 0 Å². The third kappa shape index (κ3) is 7.23. The number of hydrogen-bond donors (Lipinski definition) is 2. The van der Waals surface area contributed by atoms with Crippen LogP contribution in [0.25, 0.3) is 0 Å². The normalized spacial score (nSPS) is 10.4. The quantitative estimate of drug-likeness (QED) is 0.207. The summed E-state index contributed by atoms with van der Waals surface area (Å²) in [6.45, 7) is 4.38. The van der Waals surface area contributed by atoms with Gasteiger partial charge in [0.15, 0.2) is 11.5 Å². The molecular weight excluding hydrogens is 434 g/mol. The van der Waals surface area contributed by atoms with Gasteiger partial charge in [-0.25, -0.2) is 5.43 Å². The van der Waals surface area contributed by atoms with Crippen LogP contribution in [0.5, 0.6) is 17.2 Å². The molecule has 0 bridgehead atoms. The zero-order chi connectivity index (χ0) is 24.2. The summed E-state index contributed by atoms with van der Waals surface area (Å²) < 4.78 is 16.5. The van der Waals surface area contributed by atoms with Crippen molar-refractivity contribution >= 4 is 23.7 Å². The number of rotatable bonds is 10. The van der Waals surface area contributed by atoms with Gasteiger partial charge in [0.1, 0.15) is 19.0 Å². The van der Waals surface area contributed by atoms with E-state index in [9.17, 15) is 9.59 Å². The van der Waals surface area contributed by atoms with Gasteiger partial charge in [-0.1, -0.05) is 43.0 Å². The topological polar surface area (TPSA) is 98.2 Å². The number of methoxy groups -OCH3 is 1. The molecule has 0 heterocycles. The summed E-state index contributed by atoms with van der Waals surface area (Å²) in [5.74, 6) is -0.0443. The summed E-state index contributed by atoms with van der Waals surface area (Å²) in [5, 5.41) is 6.33. The number of nitrogens with one attached hydrogen (secondary N) is 2. The van der Waals surface area contributed by atoms with Crippen molar-refractivity contribution in [3.63, 3.8) is 0 Å². The molecule has 174 valence electrons. The summed E-state index contributed by atoms with van der Waals surface area (Å²) >= 11 is 0. The number of amides is 2. The van der Waals surface area contributed by atoms with Gasteiger partial charge in [0.2, 0.25) is 0 Å². The van der Waals surface area contributed by atoms with E-state index < -0.39 is 11.8 Å². The van der Waals surface area contributed by atoms with Crippen LogP contribution in [0.2, 0.25) is 0 Å². The first-order valence-corrected chi connectivity index (χ1v) is 10.4. The maximum Gasteiger partial charge on any atom is 0.329 e. The molecule has 0 aliphatic rings. The Hall–Kier alpha value is -4.59. The fraction of sp³-hybridized carbons (Fsp3) is 0.115. The van der Waals surface area contributed by atoms with Gasteiger partial charge in [-0.15, -0.1) is 0 Å². The molecule has 2 amide bonds. The molecular formula is C26H25N3O5. The SMILES string of the molecule is C=CCOc1ccc(/C=N\NC(=O)C(=O)Nc2ccc(OCc3ccccc3)cc2)cc1OC. The molecule has 3 aromatic carbocycles. The Balaban J connectivity index is 1.48.